The Labute approximate surface area is 200 Å². The van der Waals surface area contributed by atoms with Crippen molar-refractivity contribution in [3.8, 4) is 0 Å². The molecule has 4 rings (SSSR count). The first-order valence-electron chi connectivity index (χ1n) is 11.6. The first-order chi connectivity index (χ1) is 16.2. The number of likely N-dealkylation sites (tertiary alicyclic amines) is 1. The molecule has 3 aromatic heterocycles. The molecule has 4 heterocycles. The molecular weight excluding hydrogens is 428 g/mol. The molecule has 0 aliphatic carbocycles. The van der Waals surface area contributed by atoms with Crippen LogP contribution in [0.1, 0.15) is 65.2 Å². The van der Waals surface area contributed by atoms with E-state index in [1.807, 2.05) is 69.5 Å². The highest BCUT2D eigenvalue weighted by Crippen LogP contribution is 2.31. The molecule has 3 aromatic rings. The van der Waals surface area contributed by atoms with Crippen LogP contribution in [-0.2, 0) is 11.8 Å². The highest BCUT2D eigenvalue weighted by molar-refractivity contribution is 5.92. The topological polar surface area (TPSA) is 102 Å². The SMILES string of the molecule is Cc1cc(C)nc(Nc2cc([C@H]3CCCCN3C(=O)/C=C/c3c(C)nn(C)c3C)nc(C)n2)n1. The number of piperidine rings is 1. The number of hydrogen-bond donors (Lipinski definition) is 1. The normalized spacial score (nSPS) is 16.3. The number of amides is 1. The van der Waals surface area contributed by atoms with Crippen LogP contribution in [-0.4, -0.2) is 47.1 Å². The minimum absolute atomic E-state index is 0.0178. The monoisotopic (exact) mass is 460 g/mol. The van der Waals surface area contributed by atoms with Gasteiger partial charge in [-0.25, -0.2) is 19.9 Å². The fourth-order valence-corrected chi connectivity index (χ4v) is 4.51. The predicted octanol–water partition coefficient (Wildman–Crippen LogP) is 4.05. The summed E-state index contributed by atoms with van der Waals surface area (Å²) in [5, 5.41) is 7.65. The summed E-state index contributed by atoms with van der Waals surface area (Å²) in [7, 11) is 1.91. The number of hydrogen-bond acceptors (Lipinski definition) is 7. The second kappa shape index (κ2) is 9.70. The van der Waals surface area contributed by atoms with Crippen molar-refractivity contribution < 1.29 is 4.79 Å². The van der Waals surface area contributed by atoms with Gasteiger partial charge < -0.3 is 10.2 Å². The van der Waals surface area contributed by atoms with Gasteiger partial charge in [0, 0.05) is 48.4 Å². The molecular formula is C25H32N8O. The Morgan fingerprint density at radius 1 is 1.03 bits per heavy atom. The van der Waals surface area contributed by atoms with Gasteiger partial charge >= 0.3 is 0 Å². The molecule has 0 radical (unpaired) electrons. The third-order valence-corrected chi connectivity index (χ3v) is 6.16. The Balaban J connectivity index is 1.59. The molecule has 0 spiro atoms. The van der Waals surface area contributed by atoms with Crippen LogP contribution in [0.2, 0.25) is 0 Å². The van der Waals surface area contributed by atoms with E-state index in [-0.39, 0.29) is 11.9 Å². The molecule has 1 saturated heterocycles. The maximum absolute atomic E-state index is 13.3. The van der Waals surface area contributed by atoms with Gasteiger partial charge in [0.25, 0.3) is 0 Å². The van der Waals surface area contributed by atoms with Gasteiger partial charge in [-0.3, -0.25) is 9.48 Å². The molecule has 9 heteroatoms. The molecule has 0 aromatic carbocycles. The number of rotatable bonds is 5. The highest BCUT2D eigenvalue weighted by atomic mass is 16.2. The van der Waals surface area contributed by atoms with Crippen LogP contribution in [0.25, 0.3) is 6.08 Å². The average molecular weight is 461 g/mol. The molecule has 9 nitrogen and oxygen atoms in total. The van der Waals surface area contributed by atoms with Crippen molar-refractivity contribution in [3.05, 3.63) is 58.1 Å². The van der Waals surface area contributed by atoms with E-state index in [4.69, 9.17) is 4.98 Å². The molecule has 0 bridgehead atoms. The zero-order valence-electron chi connectivity index (χ0n) is 20.8. The van der Waals surface area contributed by atoms with Crippen LogP contribution >= 0.6 is 0 Å². The maximum atomic E-state index is 13.3. The van der Waals surface area contributed by atoms with Gasteiger partial charge in [0.15, 0.2) is 0 Å². The molecule has 1 N–H and O–H groups in total. The van der Waals surface area contributed by atoms with E-state index in [0.29, 0.717) is 24.1 Å². The van der Waals surface area contributed by atoms with Gasteiger partial charge in [-0.15, -0.1) is 0 Å². The van der Waals surface area contributed by atoms with Crippen LogP contribution in [0, 0.1) is 34.6 Å². The quantitative estimate of drug-likeness (QED) is 0.573. The number of aromatic nitrogens is 6. The largest absolute Gasteiger partial charge is 0.331 e. The molecule has 0 saturated carbocycles. The molecule has 0 unspecified atom stereocenters. The summed E-state index contributed by atoms with van der Waals surface area (Å²) in [4.78, 5) is 33.3. The van der Waals surface area contributed by atoms with Crippen molar-refractivity contribution in [2.75, 3.05) is 11.9 Å². The zero-order chi connectivity index (χ0) is 24.4. The van der Waals surface area contributed by atoms with Crippen molar-refractivity contribution in [3.63, 3.8) is 0 Å². The number of carbonyl (C=O) groups excluding carboxylic acids is 1. The van der Waals surface area contributed by atoms with E-state index in [1.54, 1.807) is 6.08 Å². The van der Waals surface area contributed by atoms with Crippen LogP contribution < -0.4 is 5.32 Å². The van der Waals surface area contributed by atoms with Gasteiger partial charge in [-0.1, -0.05) is 0 Å². The lowest BCUT2D eigenvalue weighted by Gasteiger charge is -2.35. The molecule has 1 atom stereocenters. The number of carbonyl (C=O) groups is 1. The van der Waals surface area contributed by atoms with E-state index in [1.165, 1.54) is 0 Å². The molecule has 1 aliphatic rings. The zero-order valence-corrected chi connectivity index (χ0v) is 20.8. The minimum Gasteiger partial charge on any atom is -0.331 e. The number of anilines is 2. The Bertz CT molecular complexity index is 1230. The van der Waals surface area contributed by atoms with Crippen LogP contribution in [0.3, 0.4) is 0 Å². The summed E-state index contributed by atoms with van der Waals surface area (Å²) in [6.07, 6.45) is 6.42. The summed E-state index contributed by atoms with van der Waals surface area (Å²) < 4.78 is 1.83. The highest BCUT2D eigenvalue weighted by Gasteiger charge is 2.28. The van der Waals surface area contributed by atoms with Gasteiger partial charge in [0.2, 0.25) is 11.9 Å². The molecule has 34 heavy (non-hydrogen) atoms. The Kier molecular flexibility index (Phi) is 6.72. The molecule has 178 valence electrons. The van der Waals surface area contributed by atoms with Crippen LogP contribution in [0.5, 0.6) is 0 Å². The van der Waals surface area contributed by atoms with Crippen molar-refractivity contribution in [2.45, 2.75) is 59.9 Å². The van der Waals surface area contributed by atoms with Crippen molar-refractivity contribution in [1.82, 2.24) is 34.6 Å². The Morgan fingerprint density at radius 3 is 2.44 bits per heavy atom. The standard InChI is InChI=1S/C25H32N8O/c1-15-13-16(2)27-25(26-15)30-23-14-21(28-19(5)29-23)22-9-7-8-12-33(22)24(34)11-10-20-17(3)31-32(6)18(20)4/h10-11,13-14,22H,7-9,12H2,1-6H3,(H,26,27,28,29,30)/b11-10+/t22-/m1/s1. The molecule has 1 fully saturated rings. The van der Waals surface area contributed by atoms with Crippen molar-refractivity contribution in [1.29, 1.82) is 0 Å². The lowest BCUT2D eigenvalue weighted by molar-refractivity contribution is -0.129. The predicted molar refractivity (Wildman–Crippen MR) is 132 cm³/mol. The number of nitrogens with one attached hydrogen (secondary N) is 1. The summed E-state index contributed by atoms with van der Waals surface area (Å²) in [6, 6.07) is 3.73. The average Bonchev–Trinajstić information content (AvgIpc) is 3.01. The van der Waals surface area contributed by atoms with Gasteiger partial charge in [0.05, 0.1) is 17.4 Å². The second-order valence-electron chi connectivity index (χ2n) is 8.91. The number of nitrogens with zero attached hydrogens (tertiary/aromatic N) is 7. The van der Waals surface area contributed by atoms with E-state index in [0.717, 1.165) is 53.3 Å². The third-order valence-electron chi connectivity index (χ3n) is 6.16. The summed E-state index contributed by atoms with van der Waals surface area (Å²) in [6.45, 7) is 10.4. The van der Waals surface area contributed by atoms with Crippen LogP contribution in [0.4, 0.5) is 11.8 Å². The van der Waals surface area contributed by atoms with E-state index < -0.39 is 0 Å². The molecule has 1 aliphatic heterocycles. The lowest BCUT2D eigenvalue weighted by Crippen LogP contribution is -2.38. The second-order valence-corrected chi connectivity index (χ2v) is 8.91. The van der Waals surface area contributed by atoms with Crippen LogP contribution in [0.15, 0.2) is 18.2 Å². The first kappa shape index (κ1) is 23.5. The fourth-order valence-electron chi connectivity index (χ4n) is 4.51. The van der Waals surface area contributed by atoms with E-state index >= 15 is 0 Å². The summed E-state index contributed by atoms with van der Waals surface area (Å²) >= 11 is 0. The van der Waals surface area contributed by atoms with Gasteiger partial charge in [-0.05, 0) is 66.0 Å². The summed E-state index contributed by atoms with van der Waals surface area (Å²) in [5.74, 6) is 1.75. The summed E-state index contributed by atoms with van der Waals surface area (Å²) in [5.41, 5.74) is 5.53. The maximum Gasteiger partial charge on any atom is 0.247 e. The third kappa shape index (κ3) is 5.13. The van der Waals surface area contributed by atoms with Crippen molar-refractivity contribution >= 4 is 23.7 Å². The Morgan fingerprint density at radius 2 is 1.76 bits per heavy atom. The van der Waals surface area contributed by atoms with Gasteiger partial charge in [-0.2, -0.15) is 5.10 Å². The molecule has 1 amide bonds. The first-order valence-corrected chi connectivity index (χ1v) is 11.6. The number of aryl methyl sites for hydroxylation is 5. The van der Waals surface area contributed by atoms with E-state index in [9.17, 15) is 4.79 Å². The minimum atomic E-state index is -0.107. The smallest absolute Gasteiger partial charge is 0.247 e. The van der Waals surface area contributed by atoms with E-state index in [2.05, 4.69) is 25.4 Å². The van der Waals surface area contributed by atoms with Crippen molar-refractivity contribution in [2.24, 2.45) is 7.05 Å². The lowest BCUT2D eigenvalue weighted by atomic mass is 9.98. The fraction of sp³-hybridized carbons (Fsp3) is 0.440. The van der Waals surface area contributed by atoms with Gasteiger partial charge in [0.1, 0.15) is 11.6 Å². The Hall–Kier alpha value is -3.62.